The largest absolute Gasteiger partial charge is 0.471 e. The summed E-state index contributed by atoms with van der Waals surface area (Å²) in [7, 11) is 0. The molecule has 0 fully saturated rings. The van der Waals surface area contributed by atoms with Gasteiger partial charge in [-0.2, -0.15) is 13.2 Å². The van der Waals surface area contributed by atoms with Gasteiger partial charge in [-0.3, -0.25) is 14.5 Å². The molecule has 0 aliphatic carbocycles. The highest BCUT2D eigenvalue weighted by atomic mass is 19.4. The van der Waals surface area contributed by atoms with E-state index in [2.05, 4.69) is 5.32 Å². The molecule has 0 saturated heterocycles. The van der Waals surface area contributed by atoms with Gasteiger partial charge in [0.1, 0.15) is 6.54 Å². The molecule has 0 atom stereocenters. The number of para-hydroxylation sites is 2. The molecule has 17 heavy (non-hydrogen) atoms. The van der Waals surface area contributed by atoms with Crippen molar-refractivity contribution in [2.75, 3.05) is 16.8 Å². The van der Waals surface area contributed by atoms with Crippen LogP contribution in [0.15, 0.2) is 24.3 Å². The van der Waals surface area contributed by atoms with Crippen LogP contribution in [-0.2, 0) is 9.59 Å². The quantitative estimate of drug-likeness (QED) is 0.752. The number of nitrogens with one attached hydrogen (secondary N) is 1. The smallest absolute Gasteiger partial charge is 0.323 e. The topological polar surface area (TPSA) is 49.4 Å². The van der Waals surface area contributed by atoms with Gasteiger partial charge in [-0.05, 0) is 12.1 Å². The molecule has 7 heteroatoms. The fourth-order valence-corrected chi connectivity index (χ4v) is 1.57. The number of hydrogen-bond donors (Lipinski definition) is 1. The Hall–Kier alpha value is -2.05. The first-order valence-corrected chi connectivity index (χ1v) is 4.67. The molecule has 0 saturated carbocycles. The second-order valence-corrected chi connectivity index (χ2v) is 3.45. The number of hydrogen-bond acceptors (Lipinski definition) is 2. The Morgan fingerprint density at radius 3 is 2.59 bits per heavy atom. The Morgan fingerprint density at radius 2 is 1.94 bits per heavy atom. The summed E-state index contributed by atoms with van der Waals surface area (Å²) in [6.07, 6.45) is -5.00. The van der Waals surface area contributed by atoms with Gasteiger partial charge in [0.25, 0.3) is 0 Å². The maximum absolute atomic E-state index is 12.3. The van der Waals surface area contributed by atoms with Crippen LogP contribution >= 0.6 is 0 Å². The average molecular weight is 244 g/mol. The van der Waals surface area contributed by atoms with Gasteiger partial charge in [-0.1, -0.05) is 12.1 Å². The monoisotopic (exact) mass is 244 g/mol. The Balaban J connectivity index is 2.43. The molecule has 0 aromatic heterocycles. The van der Waals surface area contributed by atoms with Crippen molar-refractivity contribution in [2.45, 2.75) is 6.18 Å². The van der Waals surface area contributed by atoms with Crippen LogP contribution in [0.2, 0.25) is 0 Å². The first-order valence-electron chi connectivity index (χ1n) is 4.67. The molecule has 1 heterocycles. The first-order chi connectivity index (χ1) is 7.89. The van der Waals surface area contributed by atoms with E-state index < -0.39 is 24.5 Å². The molecular formula is C10H7F3N2O2. The SMILES string of the molecule is O=C1CN(C(=O)C(F)(F)F)c2ccccc2N1. The summed E-state index contributed by atoms with van der Waals surface area (Å²) >= 11 is 0. The summed E-state index contributed by atoms with van der Waals surface area (Å²) in [6, 6.07) is 5.83. The Labute approximate surface area is 94.0 Å². The summed E-state index contributed by atoms with van der Waals surface area (Å²) in [5, 5.41) is 2.40. The van der Waals surface area contributed by atoms with E-state index in [9.17, 15) is 22.8 Å². The lowest BCUT2D eigenvalue weighted by Gasteiger charge is -2.29. The van der Waals surface area contributed by atoms with Crippen LogP contribution in [0.4, 0.5) is 24.5 Å². The highest BCUT2D eigenvalue weighted by molar-refractivity contribution is 6.11. The normalized spacial score (nSPS) is 15.2. The van der Waals surface area contributed by atoms with Gasteiger partial charge in [0.15, 0.2) is 0 Å². The molecule has 1 aromatic rings. The standard InChI is InChI=1S/C10H7F3N2O2/c11-10(12,13)9(17)15-5-8(16)14-6-3-1-2-4-7(6)15/h1-4H,5H2,(H,14,16). The van der Waals surface area contributed by atoms with Crippen LogP contribution < -0.4 is 10.2 Å². The number of rotatable bonds is 0. The predicted octanol–water partition coefficient (Wildman–Crippen LogP) is 1.53. The lowest BCUT2D eigenvalue weighted by molar-refractivity contribution is -0.170. The van der Waals surface area contributed by atoms with E-state index in [0.29, 0.717) is 4.90 Å². The molecule has 1 aromatic carbocycles. The van der Waals surface area contributed by atoms with Crippen LogP contribution in [0.25, 0.3) is 0 Å². The lowest BCUT2D eigenvalue weighted by Crippen LogP contribution is -2.47. The first kappa shape index (κ1) is 11.4. The fourth-order valence-electron chi connectivity index (χ4n) is 1.57. The number of amides is 2. The number of nitrogens with zero attached hydrogens (tertiary/aromatic N) is 1. The van der Waals surface area contributed by atoms with Crippen molar-refractivity contribution < 1.29 is 22.8 Å². The Kier molecular flexibility index (Phi) is 2.53. The molecule has 0 unspecified atom stereocenters. The van der Waals surface area contributed by atoms with Gasteiger partial charge in [0, 0.05) is 0 Å². The summed E-state index contributed by atoms with van der Waals surface area (Å²) in [5.41, 5.74) is 0.246. The van der Waals surface area contributed by atoms with Crippen LogP contribution in [-0.4, -0.2) is 24.5 Å². The van der Waals surface area contributed by atoms with Gasteiger partial charge in [-0.25, -0.2) is 0 Å². The molecule has 0 spiro atoms. The Morgan fingerprint density at radius 1 is 1.29 bits per heavy atom. The summed E-state index contributed by atoms with van der Waals surface area (Å²) < 4.78 is 37.0. The second-order valence-electron chi connectivity index (χ2n) is 3.45. The van der Waals surface area contributed by atoms with Crippen molar-refractivity contribution in [1.29, 1.82) is 0 Å². The van der Waals surface area contributed by atoms with Crippen molar-refractivity contribution in [1.82, 2.24) is 0 Å². The number of fused-ring (bicyclic) bond motifs is 1. The Bertz CT molecular complexity index is 485. The van der Waals surface area contributed by atoms with Crippen molar-refractivity contribution >= 4 is 23.2 Å². The van der Waals surface area contributed by atoms with Gasteiger partial charge >= 0.3 is 12.1 Å². The average Bonchev–Trinajstić information content (AvgIpc) is 2.25. The van der Waals surface area contributed by atoms with E-state index >= 15 is 0 Å². The molecule has 2 rings (SSSR count). The maximum Gasteiger partial charge on any atom is 0.471 e. The summed E-state index contributed by atoms with van der Waals surface area (Å²) in [5.74, 6) is -2.69. The number of benzene rings is 1. The molecule has 1 N–H and O–H groups in total. The minimum Gasteiger partial charge on any atom is -0.323 e. The van der Waals surface area contributed by atoms with Gasteiger partial charge in [0.2, 0.25) is 5.91 Å². The van der Waals surface area contributed by atoms with E-state index in [4.69, 9.17) is 0 Å². The summed E-state index contributed by atoms with van der Waals surface area (Å²) in [6.45, 7) is -0.630. The zero-order valence-corrected chi connectivity index (χ0v) is 8.41. The zero-order chi connectivity index (χ0) is 12.6. The third-order valence-corrected chi connectivity index (χ3v) is 2.26. The predicted molar refractivity (Wildman–Crippen MR) is 53.5 cm³/mol. The van der Waals surface area contributed by atoms with Crippen LogP contribution in [0, 0.1) is 0 Å². The van der Waals surface area contributed by atoms with Crippen molar-refractivity contribution in [2.24, 2.45) is 0 Å². The summed E-state index contributed by atoms with van der Waals surface area (Å²) in [4.78, 5) is 22.8. The van der Waals surface area contributed by atoms with Gasteiger partial charge in [-0.15, -0.1) is 0 Å². The van der Waals surface area contributed by atoms with Crippen LogP contribution in [0.1, 0.15) is 0 Å². The molecule has 1 aliphatic rings. The molecule has 1 aliphatic heterocycles. The minimum atomic E-state index is -5.00. The highest BCUT2D eigenvalue weighted by Gasteiger charge is 2.45. The van der Waals surface area contributed by atoms with Gasteiger partial charge < -0.3 is 5.32 Å². The number of halogens is 3. The van der Waals surface area contributed by atoms with Crippen molar-refractivity contribution in [3.05, 3.63) is 24.3 Å². The minimum absolute atomic E-state index is 0.0504. The fraction of sp³-hybridized carbons (Fsp3) is 0.200. The maximum atomic E-state index is 12.3. The van der Waals surface area contributed by atoms with E-state index in [1.807, 2.05) is 0 Å². The number of anilines is 2. The molecular weight excluding hydrogens is 237 g/mol. The third-order valence-electron chi connectivity index (χ3n) is 2.26. The molecule has 2 amide bonds. The molecule has 0 bridgehead atoms. The van der Waals surface area contributed by atoms with E-state index in [1.165, 1.54) is 18.2 Å². The van der Waals surface area contributed by atoms with Crippen LogP contribution in [0.3, 0.4) is 0 Å². The highest BCUT2D eigenvalue weighted by Crippen LogP contribution is 2.32. The van der Waals surface area contributed by atoms with Crippen molar-refractivity contribution in [3.8, 4) is 0 Å². The number of carbonyl (C=O) groups excluding carboxylic acids is 2. The molecule has 4 nitrogen and oxygen atoms in total. The molecule has 90 valence electrons. The number of carbonyl (C=O) groups is 2. The second kappa shape index (κ2) is 3.76. The lowest BCUT2D eigenvalue weighted by atomic mass is 10.2. The van der Waals surface area contributed by atoms with Gasteiger partial charge in [0.05, 0.1) is 11.4 Å². The van der Waals surface area contributed by atoms with Crippen LogP contribution in [0.5, 0.6) is 0 Å². The van der Waals surface area contributed by atoms with E-state index in [1.54, 1.807) is 6.07 Å². The third kappa shape index (κ3) is 2.08. The van der Waals surface area contributed by atoms with E-state index in [0.717, 1.165) is 0 Å². The van der Waals surface area contributed by atoms with E-state index in [-0.39, 0.29) is 11.4 Å². The zero-order valence-electron chi connectivity index (χ0n) is 8.41. The molecule has 0 radical (unpaired) electrons. The van der Waals surface area contributed by atoms with Crippen molar-refractivity contribution in [3.63, 3.8) is 0 Å². The number of alkyl halides is 3.